The number of benzene rings is 3. The van der Waals surface area contributed by atoms with Crippen LogP contribution in [0.4, 0.5) is 0 Å². The Morgan fingerprint density at radius 2 is 1.90 bits per heavy atom. The lowest BCUT2D eigenvalue weighted by molar-refractivity contribution is 0.104. The summed E-state index contributed by atoms with van der Waals surface area (Å²) in [7, 11) is 1.58. The predicted octanol–water partition coefficient (Wildman–Crippen LogP) is 4.75. The van der Waals surface area contributed by atoms with E-state index in [2.05, 4.69) is 6.07 Å². The molecule has 0 aliphatic carbocycles. The number of hydrogen-bond acceptors (Lipinski definition) is 5. The number of ketones is 1. The molecule has 0 fully saturated rings. The summed E-state index contributed by atoms with van der Waals surface area (Å²) in [5.74, 6) is 1.17. The maximum atomic E-state index is 12.3. The van der Waals surface area contributed by atoms with Crippen LogP contribution < -0.4 is 9.47 Å². The molecular weight excluding hydrogens is 366 g/mol. The molecule has 0 saturated heterocycles. The van der Waals surface area contributed by atoms with Gasteiger partial charge in [0, 0.05) is 11.1 Å². The van der Waals surface area contributed by atoms with Crippen LogP contribution in [0.5, 0.6) is 17.2 Å². The van der Waals surface area contributed by atoms with E-state index in [0.717, 1.165) is 11.1 Å². The van der Waals surface area contributed by atoms with Crippen molar-refractivity contribution in [3.63, 3.8) is 0 Å². The molecule has 3 aromatic carbocycles. The number of nitrogens with zero attached hydrogens (tertiary/aromatic N) is 1. The third-order valence-corrected chi connectivity index (χ3v) is 4.24. The van der Waals surface area contributed by atoms with Gasteiger partial charge in [-0.25, -0.2) is 0 Å². The summed E-state index contributed by atoms with van der Waals surface area (Å²) in [6.45, 7) is 0.275. The van der Waals surface area contributed by atoms with Crippen molar-refractivity contribution >= 4 is 11.9 Å². The van der Waals surface area contributed by atoms with E-state index in [1.165, 1.54) is 18.2 Å². The number of nitriles is 1. The highest BCUT2D eigenvalue weighted by molar-refractivity contribution is 6.07. The third-order valence-electron chi connectivity index (χ3n) is 4.24. The average Bonchev–Trinajstić information content (AvgIpc) is 2.76. The lowest BCUT2D eigenvalue weighted by atomic mass is 10.1. The number of rotatable bonds is 7. The normalized spacial score (nSPS) is 10.5. The summed E-state index contributed by atoms with van der Waals surface area (Å²) < 4.78 is 11.2. The molecule has 1 N–H and O–H groups in total. The standard InChI is InChI=1S/C24H19NO4/c1-28-24-12-8-17(7-11-23(27)19-3-2-4-21(26)14-19)13-20(24)16-29-22-9-5-18(15-25)6-10-22/h2-14,26H,16H2,1H3/b11-7+. The number of methoxy groups -OCH3 is 1. The van der Waals surface area contributed by atoms with Gasteiger partial charge in [0.05, 0.1) is 18.7 Å². The minimum atomic E-state index is -0.202. The first kappa shape index (κ1) is 19.7. The van der Waals surface area contributed by atoms with Crippen LogP contribution in [-0.4, -0.2) is 18.0 Å². The highest BCUT2D eigenvalue weighted by Crippen LogP contribution is 2.23. The second kappa shape index (κ2) is 9.25. The first-order valence-electron chi connectivity index (χ1n) is 8.90. The number of phenolic OH excluding ortho intramolecular Hbond substituents is 1. The molecule has 0 saturated carbocycles. The van der Waals surface area contributed by atoms with E-state index in [1.807, 2.05) is 18.2 Å². The minimum absolute atomic E-state index is 0.0518. The van der Waals surface area contributed by atoms with Gasteiger partial charge in [-0.1, -0.05) is 24.3 Å². The van der Waals surface area contributed by atoms with Gasteiger partial charge >= 0.3 is 0 Å². The van der Waals surface area contributed by atoms with Crippen LogP contribution in [0, 0.1) is 11.3 Å². The Morgan fingerprint density at radius 1 is 1.10 bits per heavy atom. The molecule has 0 atom stereocenters. The lowest BCUT2D eigenvalue weighted by Gasteiger charge is -2.11. The molecule has 29 heavy (non-hydrogen) atoms. The predicted molar refractivity (Wildman–Crippen MR) is 110 cm³/mol. The molecule has 0 heterocycles. The minimum Gasteiger partial charge on any atom is -0.508 e. The second-order valence-electron chi connectivity index (χ2n) is 6.24. The van der Waals surface area contributed by atoms with Crippen LogP contribution in [-0.2, 0) is 6.61 Å². The summed E-state index contributed by atoms with van der Waals surface area (Å²) in [6.07, 6.45) is 3.17. The summed E-state index contributed by atoms with van der Waals surface area (Å²) in [6, 6.07) is 20.7. The van der Waals surface area contributed by atoms with Crippen LogP contribution in [0.3, 0.4) is 0 Å². The molecule has 0 radical (unpaired) electrons. The molecule has 144 valence electrons. The van der Waals surface area contributed by atoms with Crippen molar-refractivity contribution in [2.24, 2.45) is 0 Å². The molecule has 3 aromatic rings. The van der Waals surface area contributed by atoms with Crippen LogP contribution in [0.15, 0.2) is 72.8 Å². The van der Waals surface area contributed by atoms with E-state index >= 15 is 0 Å². The molecule has 0 spiro atoms. The van der Waals surface area contributed by atoms with Crippen molar-refractivity contribution in [3.8, 4) is 23.3 Å². The van der Waals surface area contributed by atoms with Gasteiger partial charge in [0.1, 0.15) is 23.9 Å². The molecule has 0 unspecified atom stereocenters. The lowest BCUT2D eigenvalue weighted by Crippen LogP contribution is -1.99. The van der Waals surface area contributed by atoms with E-state index in [9.17, 15) is 9.90 Å². The Kier molecular flexibility index (Phi) is 6.29. The fraction of sp³-hybridized carbons (Fsp3) is 0.0833. The molecule has 3 rings (SSSR count). The highest BCUT2D eigenvalue weighted by Gasteiger charge is 2.07. The maximum Gasteiger partial charge on any atom is 0.185 e. The summed E-state index contributed by atoms with van der Waals surface area (Å²) in [4.78, 5) is 12.3. The fourth-order valence-corrected chi connectivity index (χ4v) is 2.73. The van der Waals surface area contributed by atoms with E-state index in [4.69, 9.17) is 14.7 Å². The van der Waals surface area contributed by atoms with Crippen molar-refractivity contribution in [2.45, 2.75) is 6.61 Å². The number of carbonyl (C=O) groups excluding carboxylic acids is 1. The molecule has 5 nitrogen and oxygen atoms in total. The van der Waals surface area contributed by atoms with Crippen LogP contribution >= 0.6 is 0 Å². The van der Waals surface area contributed by atoms with E-state index in [-0.39, 0.29) is 18.1 Å². The van der Waals surface area contributed by atoms with Crippen molar-refractivity contribution < 1.29 is 19.4 Å². The van der Waals surface area contributed by atoms with Crippen molar-refractivity contribution in [1.29, 1.82) is 5.26 Å². The molecule has 0 aliphatic rings. The molecular formula is C24H19NO4. The van der Waals surface area contributed by atoms with Gasteiger partial charge in [0.15, 0.2) is 5.78 Å². The summed E-state index contributed by atoms with van der Waals surface area (Å²) in [5.41, 5.74) is 2.62. The molecule has 0 bridgehead atoms. The SMILES string of the molecule is COc1ccc(/C=C/C(=O)c2cccc(O)c2)cc1COc1ccc(C#N)cc1. The number of ether oxygens (including phenoxy) is 2. The zero-order chi connectivity index (χ0) is 20.6. The van der Waals surface area contributed by atoms with Gasteiger partial charge in [-0.3, -0.25) is 4.79 Å². The van der Waals surface area contributed by atoms with Gasteiger partial charge in [0.25, 0.3) is 0 Å². The highest BCUT2D eigenvalue weighted by atomic mass is 16.5. The monoisotopic (exact) mass is 385 g/mol. The molecule has 0 amide bonds. The molecule has 0 aliphatic heterocycles. The first-order chi connectivity index (χ1) is 14.1. The van der Waals surface area contributed by atoms with Crippen molar-refractivity contribution in [2.75, 3.05) is 7.11 Å². The Labute approximate surface area is 169 Å². The third kappa shape index (κ3) is 5.24. The van der Waals surface area contributed by atoms with Crippen LogP contribution in [0.25, 0.3) is 6.08 Å². The van der Waals surface area contributed by atoms with Gasteiger partial charge in [-0.05, 0) is 60.2 Å². The van der Waals surface area contributed by atoms with Crippen LogP contribution in [0.2, 0.25) is 0 Å². The number of aromatic hydroxyl groups is 1. The first-order valence-corrected chi connectivity index (χ1v) is 8.90. The topological polar surface area (TPSA) is 79.6 Å². The smallest absolute Gasteiger partial charge is 0.185 e. The van der Waals surface area contributed by atoms with Crippen molar-refractivity contribution in [1.82, 2.24) is 0 Å². The van der Waals surface area contributed by atoms with Gasteiger partial charge in [0.2, 0.25) is 0 Å². The summed E-state index contributed by atoms with van der Waals surface area (Å²) in [5, 5.41) is 18.4. The number of carbonyl (C=O) groups is 1. The maximum absolute atomic E-state index is 12.3. The van der Waals surface area contributed by atoms with Gasteiger partial charge < -0.3 is 14.6 Å². The van der Waals surface area contributed by atoms with E-state index < -0.39 is 0 Å². The molecule has 0 aromatic heterocycles. The molecule has 5 heteroatoms. The zero-order valence-corrected chi connectivity index (χ0v) is 15.8. The Balaban J connectivity index is 1.73. The van der Waals surface area contributed by atoms with Crippen molar-refractivity contribution in [3.05, 3.63) is 95.1 Å². The fourth-order valence-electron chi connectivity index (χ4n) is 2.73. The summed E-state index contributed by atoms with van der Waals surface area (Å²) >= 11 is 0. The number of phenols is 1. The average molecular weight is 385 g/mol. The Hall–Kier alpha value is -4.04. The van der Waals surface area contributed by atoms with Gasteiger partial charge in [-0.15, -0.1) is 0 Å². The zero-order valence-electron chi connectivity index (χ0n) is 15.8. The van der Waals surface area contributed by atoms with E-state index in [1.54, 1.807) is 49.6 Å². The largest absolute Gasteiger partial charge is 0.508 e. The van der Waals surface area contributed by atoms with Gasteiger partial charge in [-0.2, -0.15) is 5.26 Å². The Bertz CT molecular complexity index is 1080. The quantitative estimate of drug-likeness (QED) is 0.469. The second-order valence-corrected chi connectivity index (χ2v) is 6.24. The number of hydrogen-bond donors (Lipinski definition) is 1. The number of allylic oxidation sites excluding steroid dienone is 1. The Morgan fingerprint density at radius 3 is 2.59 bits per heavy atom. The van der Waals surface area contributed by atoms with Crippen LogP contribution in [0.1, 0.15) is 27.0 Å². The van der Waals surface area contributed by atoms with E-state index in [0.29, 0.717) is 22.6 Å².